The number of fused-ring (bicyclic) bond motifs is 1. The van der Waals surface area contributed by atoms with Crippen LogP contribution in [0.3, 0.4) is 0 Å². The number of hydrogen-bond acceptors (Lipinski definition) is 1. The van der Waals surface area contributed by atoms with E-state index < -0.39 is 0 Å². The second-order valence-electron chi connectivity index (χ2n) is 8.45. The molecule has 140 valence electrons. The summed E-state index contributed by atoms with van der Waals surface area (Å²) in [6.45, 7) is 9.05. The van der Waals surface area contributed by atoms with Gasteiger partial charge < -0.3 is 5.32 Å². The lowest BCUT2D eigenvalue weighted by atomic mass is 9.88. The number of allylic oxidation sites excluding steroid dienone is 1. The molecule has 0 atom stereocenters. The van der Waals surface area contributed by atoms with E-state index in [4.69, 9.17) is 0 Å². The van der Waals surface area contributed by atoms with Gasteiger partial charge in [-0.3, -0.25) is 0 Å². The van der Waals surface area contributed by atoms with Crippen LogP contribution in [-0.4, -0.2) is 5.54 Å². The van der Waals surface area contributed by atoms with Crippen molar-refractivity contribution in [2.45, 2.75) is 104 Å². The first-order chi connectivity index (χ1) is 12.0. The predicted octanol–water partition coefficient (Wildman–Crippen LogP) is 7.76. The van der Waals surface area contributed by atoms with Gasteiger partial charge in [-0.15, -0.1) is 0 Å². The standard InChI is InChI=1S/C24H39N/c1-5-6-7-8-9-10-11-12-13-14-16-21-17-15-18-22-20(2)19-24(3,4)25-23(21)22/h15,17-19,25H,5-14,16H2,1-4H3. The molecule has 0 spiro atoms. The van der Waals surface area contributed by atoms with Crippen LogP contribution in [0.5, 0.6) is 0 Å². The fourth-order valence-electron chi connectivity index (χ4n) is 4.06. The van der Waals surface area contributed by atoms with E-state index in [2.05, 4.69) is 57.3 Å². The van der Waals surface area contributed by atoms with E-state index in [0.29, 0.717) is 0 Å². The van der Waals surface area contributed by atoms with Crippen LogP contribution in [0.25, 0.3) is 5.57 Å². The smallest absolute Gasteiger partial charge is 0.0506 e. The molecule has 1 heterocycles. The Morgan fingerprint density at radius 1 is 0.840 bits per heavy atom. The van der Waals surface area contributed by atoms with Crippen molar-refractivity contribution in [1.82, 2.24) is 0 Å². The lowest BCUT2D eigenvalue weighted by Gasteiger charge is -2.33. The Balaban J connectivity index is 1.71. The van der Waals surface area contributed by atoms with Crippen LogP contribution in [0.15, 0.2) is 24.3 Å². The minimum absolute atomic E-state index is 0.0605. The molecule has 25 heavy (non-hydrogen) atoms. The molecule has 2 rings (SSSR count). The maximum atomic E-state index is 3.74. The van der Waals surface area contributed by atoms with E-state index in [-0.39, 0.29) is 5.54 Å². The molecule has 0 radical (unpaired) electrons. The van der Waals surface area contributed by atoms with E-state index >= 15 is 0 Å². The molecular weight excluding hydrogens is 302 g/mol. The SMILES string of the molecule is CCCCCCCCCCCCc1cccc2c1NC(C)(C)C=C2C. The summed E-state index contributed by atoms with van der Waals surface area (Å²) in [6.07, 6.45) is 17.6. The average Bonchev–Trinajstić information content (AvgIpc) is 2.56. The average molecular weight is 342 g/mol. The van der Waals surface area contributed by atoms with Crippen LogP contribution in [0.4, 0.5) is 5.69 Å². The molecule has 1 aromatic carbocycles. The molecule has 1 aliphatic heterocycles. The van der Waals surface area contributed by atoms with Crippen molar-refractivity contribution in [2.24, 2.45) is 0 Å². The molecule has 0 saturated heterocycles. The first kappa shape index (κ1) is 20.1. The Kier molecular flexibility index (Phi) is 8.06. The molecule has 1 nitrogen and oxygen atoms in total. The third kappa shape index (κ3) is 6.53. The van der Waals surface area contributed by atoms with Crippen molar-refractivity contribution in [3.05, 3.63) is 35.4 Å². The second-order valence-corrected chi connectivity index (χ2v) is 8.45. The summed E-state index contributed by atoms with van der Waals surface area (Å²) >= 11 is 0. The van der Waals surface area contributed by atoms with Crippen LogP contribution in [0.2, 0.25) is 0 Å². The molecule has 0 fully saturated rings. The van der Waals surface area contributed by atoms with Gasteiger partial charge in [0.2, 0.25) is 0 Å². The van der Waals surface area contributed by atoms with Crippen LogP contribution >= 0.6 is 0 Å². The highest BCUT2D eigenvalue weighted by Gasteiger charge is 2.23. The number of aryl methyl sites for hydroxylation is 1. The molecule has 0 aliphatic carbocycles. The van der Waals surface area contributed by atoms with Crippen molar-refractivity contribution < 1.29 is 0 Å². The molecule has 1 aliphatic rings. The van der Waals surface area contributed by atoms with Gasteiger partial charge >= 0.3 is 0 Å². The quantitative estimate of drug-likeness (QED) is 0.405. The number of benzene rings is 1. The fraction of sp³-hybridized carbons (Fsp3) is 0.667. The highest BCUT2D eigenvalue weighted by Crippen LogP contribution is 2.36. The lowest BCUT2D eigenvalue weighted by molar-refractivity contribution is 0.556. The number of rotatable bonds is 11. The van der Waals surface area contributed by atoms with E-state index in [0.717, 1.165) is 0 Å². The fourth-order valence-corrected chi connectivity index (χ4v) is 4.06. The molecule has 0 aromatic heterocycles. The maximum Gasteiger partial charge on any atom is 0.0506 e. The molecule has 1 heteroatoms. The predicted molar refractivity (Wildman–Crippen MR) is 113 cm³/mol. The number of nitrogens with one attached hydrogen (secondary N) is 1. The molecule has 1 N–H and O–H groups in total. The van der Waals surface area contributed by atoms with Crippen LogP contribution < -0.4 is 5.32 Å². The number of anilines is 1. The Morgan fingerprint density at radius 3 is 2.08 bits per heavy atom. The van der Waals surface area contributed by atoms with Crippen LogP contribution in [-0.2, 0) is 6.42 Å². The first-order valence-corrected chi connectivity index (χ1v) is 10.6. The Labute approximate surface area is 156 Å². The maximum absolute atomic E-state index is 3.74. The first-order valence-electron chi connectivity index (χ1n) is 10.6. The number of hydrogen-bond donors (Lipinski definition) is 1. The number of unbranched alkanes of at least 4 members (excludes halogenated alkanes) is 9. The third-order valence-electron chi connectivity index (χ3n) is 5.40. The highest BCUT2D eigenvalue weighted by atomic mass is 15.0. The number of para-hydroxylation sites is 1. The van der Waals surface area contributed by atoms with Gasteiger partial charge in [0.1, 0.15) is 0 Å². The summed E-state index contributed by atoms with van der Waals surface area (Å²) in [5.74, 6) is 0. The van der Waals surface area contributed by atoms with E-state index in [1.165, 1.54) is 93.0 Å². The van der Waals surface area contributed by atoms with Gasteiger partial charge in [-0.05, 0) is 44.7 Å². The van der Waals surface area contributed by atoms with Crippen molar-refractivity contribution in [2.75, 3.05) is 5.32 Å². The summed E-state index contributed by atoms with van der Waals surface area (Å²) < 4.78 is 0. The van der Waals surface area contributed by atoms with Crippen LogP contribution in [0.1, 0.15) is 103 Å². The summed E-state index contributed by atoms with van der Waals surface area (Å²) in [7, 11) is 0. The second kappa shape index (κ2) is 10.0. The van der Waals surface area contributed by atoms with E-state index in [1.807, 2.05) is 0 Å². The third-order valence-corrected chi connectivity index (χ3v) is 5.40. The summed E-state index contributed by atoms with van der Waals surface area (Å²) in [4.78, 5) is 0. The molecule has 1 aromatic rings. The normalized spacial score (nSPS) is 15.4. The summed E-state index contributed by atoms with van der Waals surface area (Å²) in [5, 5.41) is 3.74. The Hall–Kier alpha value is -1.24. The van der Waals surface area contributed by atoms with Crippen molar-refractivity contribution >= 4 is 11.3 Å². The zero-order chi connectivity index (χ0) is 18.1. The van der Waals surface area contributed by atoms with Crippen molar-refractivity contribution in [3.8, 4) is 0 Å². The topological polar surface area (TPSA) is 12.0 Å². The van der Waals surface area contributed by atoms with Gasteiger partial charge in [0, 0.05) is 11.3 Å². The molecule has 0 saturated carbocycles. The minimum Gasteiger partial charge on any atom is -0.376 e. The monoisotopic (exact) mass is 341 g/mol. The molecule has 0 amide bonds. The highest BCUT2D eigenvalue weighted by molar-refractivity contribution is 5.81. The van der Waals surface area contributed by atoms with Gasteiger partial charge in [-0.2, -0.15) is 0 Å². The van der Waals surface area contributed by atoms with Gasteiger partial charge in [-0.25, -0.2) is 0 Å². The molecule has 0 bridgehead atoms. The Bertz CT molecular complexity index is 553. The lowest BCUT2D eigenvalue weighted by Crippen LogP contribution is -2.32. The summed E-state index contributed by atoms with van der Waals surface area (Å²) in [5.41, 5.74) is 5.74. The van der Waals surface area contributed by atoms with Gasteiger partial charge in [0.15, 0.2) is 0 Å². The van der Waals surface area contributed by atoms with E-state index in [1.54, 1.807) is 0 Å². The molecule has 0 unspecified atom stereocenters. The molecular formula is C24H39N. The Morgan fingerprint density at radius 2 is 1.44 bits per heavy atom. The van der Waals surface area contributed by atoms with Gasteiger partial charge in [-0.1, -0.05) is 89.0 Å². The van der Waals surface area contributed by atoms with Crippen molar-refractivity contribution in [3.63, 3.8) is 0 Å². The van der Waals surface area contributed by atoms with Gasteiger partial charge in [0.05, 0.1) is 5.54 Å². The zero-order valence-corrected chi connectivity index (χ0v) is 17.1. The summed E-state index contributed by atoms with van der Waals surface area (Å²) in [6, 6.07) is 6.79. The largest absolute Gasteiger partial charge is 0.376 e. The van der Waals surface area contributed by atoms with Crippen molar-refractivity contribution in [1.29, 1.82) is 0 Å². The van der Waals surface area contributed by atoms with Crippen LogP contribution in [0, 0.1) is 0 Å². The minimum atomic E-state index is 0.0605. The zero-order valence-electron chi connectivity index (χ0n) is 17.1. The van der Waals surface area contributed by atoms with E-state index in [9.17, 15) is 0 Å². The van der Waals surface area contributed by atoms with Gasteiger partial charge in [0.25, 0.3) is 0 Å².